The number of aliphatic hydroxyl groups excluding tert-OH is 2. The molecule has 2 amide bonds. The van der Waals surface area contributed by atoms with E-state index < -0.39 is 29.9 Å². The van der Waals surface area contributed by atoms with Gasteiger partial charge in [-0.25, -0.2) is 9.98 Å². The number of esters is 1. The van der Waals surface area contributed by atoms with Crippen molar-refractivity contribution in [1.82, 2.24) is 16.0 Å². The number of ether oxygens (including phenoxy) is 1. The number of carbonyl (C=O) groups excluding carboxylic acids is 3. The van der Waals surface area contributed by atoms with Crippen LogP contribution in [0, 0.1) is 0 Å². The topological polar surface area (TPSA) is 162 Å². The van der Waals surface area contributed by atoms with Crippen LogP contribution < -0.4 is 16.0 Å². The molecule has 0 bridgehead atoms. The lowest BCUT2D eigenvalue weighted by atomic mass is 9.85. The highest BCUT2D eigenvalue weighted by Crippen LogP contribution is 2.30. The van der Waals surface area contributed by atoms with Gasteiger partial charge in [0.05, 0.1) is 49.7 Å². The minimum Gasteiger partial charge on any atom is -0.512 e. The van der Waals surface area contributed by atoms with E-state index in [4.69, 9.17) is 4.74 Å². The number of hydrogen-bond donors (Lipinski definition) is 5. The third kappa shape index (κ3) is 9.30. The first-order valence-electron chi connectivity index (χ1n) is 13.0. The Morgan fingerprint density at radius 3 is 2.65 bits per heavy atom. The Kier molecular flexibility index (Phi) is 10.6. The van der Waals surface area contributed by atoms with Crippen LogP contribution in [0.5, 0.6) is 0 Å². The number of hydrogen-bond acceptors (Lipinski definition) is 9. The zero-order valence-electron chi connectivity index (χ0n) is 23.1. The maximum atomic E-state index is 12.9. The van der Waals surface area contributed by atoms with Crippen molar-refractivity contribution >= 4 is 45.4 Å². The molecule has 0 radical (unpaired) electrons. The number of nitrogens with zero attached hydrogens (tertiary/aromatic N) is 2. The van der Waals surface area contributed by atoms with Crippen LogP contribution in [0.25, 0.3) is 0 Å². The molecule has 1 heterocycles. The van der Waals surface area contributed by atoms with Gasteiger partial charge in [-0.2, -0.15) is 0 Å². The Labute approximate surface area is 242 Å². The summed E-state index contributed by atoms with van der Waals surface area (Å²) >= 11 is 3.53. The number of halogens is 1. The lowest BCUT2D eigenvalue weighted by molar-refractivity contribution is -0.143. The van der Waals surface area contributed by atoms with E-state index in [0.717, 1.165) is 15.6 Å². The quantitative estimate of drug-likeness (QED) is 0.280. The number of aliphatic imine (C=N–C) groups is 2. The van der Waals surface area contributed by atoms with Gasteiger partial charge in [-0.05, 0) is 41.7 Å². The first-order chi connectivity index (χ1) is 18.8. The van der Waals surface area contributed by atoms with Gasteiger partial charge in [-0.3, -0.25) is 14.4 Å². The van der Waals surface area contributed by atoms with E-state index in [1.54, 1.807) is 6.92 Å². The predicted octanol–water partition coefficient (Wildman–Crippen LogP) is 2.51. The van der Waals surface area contributed by atoms with Gasteiger partial charge in [0.1, 0.15) is 0 Å². The van der Waals surface area contributed by atoms with Crippen LogP contribution in [0.1, 0.15) is 57.7 Å². The second-order valence-electron chi connectivity index (χ2n) is 10.6. The number of guanidine groups is 1. The average molecular weight is 619 g/mol. The van der Waals surface area contributed by atoms with Crippen molar-refractivity contribution < 1.29 is 29.3 Å². The first-order valence-corrected chi connectivity index (χ1v) is 13.8. The van der Waals surface area contributed by atoms with Crippen LogP contribution in [0.15, 0.2) is 56.1 Å². The molecule has 5 N–H and O–H groups in total. The fourth-order valence-corrected chi connectivity index (χ4v) is 4.53. The van der Waals surface area contributed by atoms with Gasteiger partial charge in [-0.1, -0.05) is 42.8 Å². The first kappa shape index (κ1) is 31.0. The van der Waals surface area contributed by atoms with Crippen LogP contribution in [0.3, 0.4) is 0 Å². The molecule has 1 aliphatic carbocycles. The third-order valence-corrected chi connectivity index (χ3v) is 6.55. The Morgan fingerprint density at radius 2 is 2.00 bits per heavy atom. The SMILES string of the molecule is CCOC(=O)C[C@H](NC(=O)CNC(=O)C1=C/C(=N\C2=NCC(O)CN2)C=C(O)C1)c1cc(Br)cc(C(C)(C)C)c1. The number of benzene rings is 1. The van der Waals surface area contributed by atoms with Crippen LogP contribution in [-0.4, -0.2) is 72.0 Å². The number of nitrogens with one attached hydrogen (secondary N) is 3. The highest BCUT2D eigenvalue weighted by molar-refractivity contribution is 9.10. The molecule has 2 aliphatic rings. The van der Waals surface area contributed by atoms with E-state index in [2.05, 4.69) is 62.6 Å². The number of carbonyl (C=O) groups is 3. The van der Waals surface area contributed by atoms with Crippen molar-refractivity contribution in [2.45, 2.75) is 58.1 Å². The summed E-state index contributed by atoms with van der Waals surface area (Å²) in [5.74, 6) is -1.27. The summed E-state index contributed by atoms with van der Waals surface area (Å²) < 4.78 is 5.93. The highest BCUT2D eigenvalue weighted by Gasteiger charge is 2.24. The molecule has 1 aromatic carbocycles. The van der Waals surface area contributed by atoms with Crippen molar-refractivity contribution in [1.29, 1.82) is 0 Å². The molecule has 0 fully saturated rings. The standard InChI is InChI=1S/C28H36BrN5O6/c1-5-40-25(38)12-23(16-6-18(28(2,3)4)10-19(29)7-16)34-24(37)15-30-26(39)17-8-20(11-21(35)9-17)33-27-31-13-22(36)14-32-27/h6-8,10-11,22-23,35-36H,5,9,12-15H2,1-4H3,(H,30,39)(H,31,32)(H,34,37)/b33-20+/t23-/m0/s1. The number of β-amino-alcohol motifs (C(OH)–C–C–N with tert-alkyl or cyclic N) is 1. The Balaban J connectivity index is 1.70. The van der Waals surface area contributed by atoms with Gasteiger partial charge >= 0.3 is 5.97 Å². The van der Waals surface area contributed by atoms with E-state index in [0.29, 0.717) is 12.3 Å². The molecule has 0 saturated carbocycles. The minimum atomic E-state index is -0.677. The molecule has 0 saturated heterocycles. The predicted molar refractivity (Wildman–Crippen MR) is 155 cm³/mol. The molecule has 1 aliphatic heterocycles. The third-order valence-electron chi connectivity index (χ3n) is 6.09. The van der Waals surface area contributed by atoms with Crippen LogP contribution in [0.2, 0.25) is 0 Å². The van der Waals surface area contributed by atoms with Crippen molar-refractivity contribution in [2.24, 2.45) is 9.98 Å². The van der Waals surface area contributed by atoms with Crippen molar-refractivity contribution in [2.75, 3.05) is 26.2 Å². The summed E-state index contributed by atoms with van der Waals surface area (Å²) in [6.45, 7) is 8.29. The largest absolute Gasteiger partial charge is 0.512 e. The number of allylic oxidation sites excluding steroid dienone is 3. The second-order valence-corrected chi connectivity index (χ2v) is 11.5. The summed E-state index contributed by atoms with van der Waals surface area (Å²) in [5, 5.41) is 28.0. The van der Waals surface area contributed by atoms with E-state index >= 15 is 0 Å². The van der Waals surface area contributed by atoms with Crippen molar-refractivity contribution in [3.8, 4) is 0 Å². The summed E-state index contributed by atoms with van der Waals surface area (Å²) in [5.41, 5.74) is 2.10. The van der Waals surface area contributed by atoms with E-state index in [-0.39, 0.29) is 55.2 Å². The fourth-order valence-electron chi connectivity index (χ4n) is 4.02. The molecule has 0 spiro atoms. The van der Waals surface area contributed by atoms with Crippen LogP contribution in [0.4, 0.5) is 0 Å². The zero-order chi connectivity index (χ0) is 29.4. The summed E-state index contributed by atoms with van der Waals surface area (Å²) in [6, 6.07) is 5.10. The molecular formula is C28H36BrN5O6. The number of amides is 2. The van der Waals surface area contributed by atoms with E-state index in [9.17, 15) is 24.6 Å². The monoisotopic (exact) mass is 617 g/mol. The molecule has 216 valence electrons. The van der Waals surface area contributed by atoms with E-state index in [1.807, 2.05) is 18.2 Å². The molecule has 0 aromatic heterocycles. The Bertz CT molecular complexity index is 1260. The Morgan fingerprint density at radius 1 is 1.25 bits per heavy atom. The van der Waals surface area contributed by atoms with Gasteiger partial charge in [-0.15, -0.1) is 0 Å². The molecule has 1 unspecified atom stereocenters. The number of rotatable bonds is 8. The maximum Gasteiger partial charge on any atom is 0.308 e. The molecule has 2 atom stereocenters. The minimum absolute atomic E-state index is 0.0236. The summed E-state index contributed by atoms with van der Waals surface area (Å²) in [4.78, 5) is 46.5. The highest BCUT2D eigenvalue weighted by atomic mass is 79.9. The van der Waals surface area contributed by atoms with Gasteiger partial charge in [0.2, 0.25) is 17.8 Å². The maximum absolute atomic E-state index is 12.9. The van der Waals surface area contributed by atoms with Gasteiger partial charge in [0.25, 0.3) is 0 Å². The summed E-state index contributed by atoms with van der Waals surface area (Å²) in [6.07, 6.45) is 2.23. The second kappa shape index (κ2) is 13.7. The number of aliphatic hydroxyl groups is 2. The lowest BCUT2D eigenvalue weighted by Crippen LogP contribution is -2.40. The lowest BCUT2D eigenvalue weighted by Gasteiger charge is -2.24. The van der Waals surface area contributed by atoms with Crippen molar-refractivity contribution in [3.05, 3.63) is 57.3 Å². The van der Waals surface area contributed by atoms with E-state index in [1.165, 1.54) is 12.2 Å². The molecule has 3 rings (SSSR count). The molecular weight excluding hydrogens is 582 g/mol. The van der Waals surface area contributed by atoms with Crippen LogP contribution in [-0.2, 0) is 24.5 Å². The summed E-state index contributed by atoms with van der Waals surface area (Å²) in [7, 11) is 0. The van der Waals surface area contributed by atoms with Gasteiger partial charge in [0.15, 0.2) is 0 Å². The zero-order valence-corrected chi connectivity index (χ0v) is 24.7. The van der Waals surface area contributed by atoms with Crippen LogP contribution >= 0.6 is 15.9 Å². The van der Waals surface area contributed by atoms with Gasteiger partial charge < -0.3 is 30.9 Å². The smallest absolute Gasteiger partial charge is 0.308 e. The fraction of sp³-hybridized carbons (Fsp3) is 0.464. The molecule has 1 aromatic rings. The molecule has 40 heavy (non-hydrogen) atoms. The van der Waals surface area contributed by atoms with Crippen molar-refractivity contribution in [3.63, 3.8) is 0 Å². The molecule has 12 heteroatoms. The Hall–Kier alpha value is -3.51. The molecule has 11 nitrogen and oxygen atoms in total. The average Bonchev–Trinajstić information content (AvgIpc) is 2.87. The van der Waals surface area contributed by atoms with Gasteiger partial charge in [0, 0.05) is 29.1 Å². The normalized spacial score (nSPS) is 19.0.